The highest BCUT2D eigenvalue weighted by atomic mass is 79.9. The molecule has 96 valence electrons. The fraction of sp³-hybridized carbons (Fsp3) is 0.231. The predicted octanol–water partition coefficient (Wildman–Crippen LogP) is 2.55. The molecule has 1 aromatic rings. The van der Waals surface area contributed by atoms with Crippen molar-refractivity contribution >= 4 is 27.8 Å². The Labute approximate surface area is 114 Å². The van der Waals surface area contributed by atoms with E-state index in [0.717, 1.165) is 4.47 Å². The molecular weight excluding hydrogens is 298 g/mol. The summed E-state index contributed by atoms with van der Waals surface area (Å²) in [5.74, 6) is -1.37. The van der Waals surface area contributed by atoms with E-state index in [9.17, 15) is 9.59 Å². The first-order valence-corrected chi connectivity index (χ1v) is 6.17. The monoisotopic (exact) mass is 311 g/mol. The molecule has 1 atom stereocenters. The second-order valence-corrected chi connectivity index (χ2v) is 4.69. The molecule has 0 unspecified atom stereocenters. The first kappa shape index (κ1) is 14.4. The van der Waals surface area contributed by atoms with Gasteiger partial charge in [0.05, 0.1) is 0 Å². The Morgan fingerprint density at radius 1 is 1.56 bits per heavy atom. The Kier molecular flexibility index (Phi) is 5.09. The standard InChI is InChI=1S/C13H14BrNO3/c1-3-7-15(9(2)13(17)18)12(16)10-5-4-6-11(14)8-10/h3-6,8-9H,1,7H2,2H3,(H,17,18)/t9-/m0/s1. The van der Waals surface area contributed by atoms with Crippen molar-refractivity contribution in [2.45, 2.75) is 13.0 Å². The van der Waals surface area contributed by atoms with Gasteiger partial charge in [0.2, 0.25) is 0 Å². The van der Waals surface area contributed by atoms with Gasteiger partial charge in [-0.1, -0.05) is 28.1 Å². The zero-order valence-corrected chi connectivity index (χ0v) is 11.6. The maximum absolute atomic E-state index is 12.2. The second kappa shape index (κ2) is 6.35. The summed E-state index contributed by atoms with van der Waals surface area (Å²) < 4.78 is 0.773. The third-order valence-electron chi connectivity index (χ3n) is 2.48. The molecule has 1 aromatic carbocycles. The van der Waals surface area contributed by atoms with Crippen molar-refractivity contribution in [3.63, 3.8) is 0 Å². The molecule has 1 rings (SSSR count). The Balaban J connectivity index is 3.02. The Morgan fingerprint density at radius 3 is 2.72 bits per heavy atom. The van der Waals surface area contributed by atoms with Crippen LogP contribution in [0.15, 0.2) is 41.4 Å². The van der Waals surface area contributed by atoms with Crippen molar-refractivity contribution in [1.82, 2.24) is 4.90 Å². The van der Waals surface area contributed by atoms with E-state index >= 15 is 0 Å². The molecule has 5 heteroatoms. The highest BCUT2D eigenvalue weighted by Crippen LogP contribution is 2.15. The lowest BCUT2D eigenvalue weighted by Crippen LogP contribution is -2.43. The minimum atomic E-state index is -1.04. The van der Waals surface area contributed by atoms with Gasteiger partial charge in [0, 0.05) is 16.6 Å². The number of amides is 1. The molecule has 0 radical (unpaired) electrons. The van der Waals surface area contributed by atoms with Crippen LogP contribution in [0.5, 0.6) is 0 Å². The molecule has 0 saturated carbocycles. The number of aliphatic carboxylic acids is 1. The van der Waals surface area contributed by atoms with Gasteiger partial charge in [-0.2, -0.15) is 0 Å². The zero-order chi connectivity index (χ0) is 13.7. The normalized spacial score (nSPS) is 11.7. The van der Waals surface area contributed by atoms with Gasteiger partial charge < -0.3 is 10.0 Å². The lowest BCUT2D eigenvalue weighted by molar-refractivity contribution is -0.141. The molecule has 4 nitrogen and oxygen atoms in total. The second-order valence-electron chi connectivity index (χ2n) is 3.77. The molecule has 0 heterocycles. The van der Waals surface area contributed by atoms with Gasteiger partial charge in [-0.05, 0) is 25.1 Å². The molecule has 1 N–H and O–H groups in total. The maximum Gasteiger partial charge on any atom is 0.326 e. The molecule has 0 aromatic heterocycles. The van der Waals surface area contributed by atoms with E-state index in [4.69, 9.17) is 5.11 Å². The van der Waals surface area contributed by atoms with Crippen LogP contribution in [0.1, 0.15) is 17.3 Å². The van der Waals surface area contributed by atoms with Gasteiger partial charge >= 0.3 is 5.97 Å². The topological polar surface area (TPSA) is 57.6 Å². The summed E-state index contributed by atoms with van der Waals surface area (Å²) in [6, 6.07) is 5.95. The predicted molar refractivity (Wildman–Crippen MR) is 72.5 cm³/mol. The third kappa shape index (κ3) is 3.43. The summed E-state index contributed by atoms with van der Waals surface area (Å²) in [5.41, 5.74) is 0.444. The smallest absolute Gasteiger partial charge is 0.326 e. The van der Waals surface area contributed by atoms with Crippen LogP contribution in [0.4, 0.5) is 0 Å². The Bertz CT molecular complexity index is 473. The van der Waals surface area contributed by atoms with Crippen LogP contribution in [0, 0.1) is 0 Å². The number of carbonyl (C=O) groups is 2. The van der Waals surface area contributed by atoms with Crippen LogP contribution in [0.2, 0.25) is 0 Å². The SMILES string of the molecule is C=CCN(C(=O)c1cccc(Br)c1)[C@@H](C)C(=O)O. The molecule has 0 aliphatic carbocycles. The number of carboxylic acid groups (broad SMARTS) is 1. The van der Waals surface area contributed by atoms with E-state index in [-0.39, 0.29) is 12.5 Å². The van der Waals surface area contributed by atoms with Crippen molar-refractivity contribution in [3.05, 3.63) is 47.0 Å². The summed E-state index contributed by atoms with van der Waals surface area (Å²) in [4.78, 5) is 24.5. The number of hydrogen-bond donors (Lipinski definition) is 1. The summed E-state index contributed by atoms with van der Waals surface area (Å²) in [6.45, 7) is 5.21. The summed E-state index contributed by atoms with van der Waals surface area (Å²) >= 11 is 3.28. The highest BCUT2D eigenvalue weighted by Gasteiger charge is 2.25. The number of carbonyl (C=O) groups excluding carboxylic acids is 1. The first-order chi connectivity index (χ1) is 8.47. The van der Waals surface area contributed by atoms with Crippen molar-refractivity contribution in [3.8, 4) is 0 Å². The number of nitrogens with zero attached hydrogens (tertiary/aromatic N) is 1. The van der Waals surface area contributed by atoms with Crippen LogP contribution in [0.25, 0.3) is 0 Å². The van der Waals surface area contributed by atoms with Gasteiger partial charge in [0.25, 0.3) is 5.91 Å². The molecule has 0 saturated heterocycles. The van der Waals surface area contributed by atoms with Crippen LogP contribution in [-0.4, -0.2) is 34.5 Å². The summed E-state index contributed by atoms with van der Waals surface area (Å²) in [6.07, 6.45) is 1.51. The maximum atomic E-state index is 12.2. The van der Waals surface area contributed by atoms with E-state index in [1.54, 1.807) is 24.3 Å². The van der Waals surface area contributed by atoms with E-state index < -0.39 is 12.0 Å². The number of halogens is 1. The zero-order valence-electron chi connectivity index (χ0n) is 9.97. The molecule has 1 amide bonds. The van der Waals surface area contributed by atoms with E-state index in [1.807, 2.05) is 0 Å². The van der Waals surface area contributed by atoms with Crippen molar-refractivity contribution in [2.24, 2.45) is 0 Å². The minimum Gasteiger partial charge on any atom is -0.480 e. The van der Waals surface area contributed by atoms with Gasteiger partial charge in [0.1, 0.15) is 6.04 Å². The van der Waals surface area contributed by atoms with Crippen LogP contribution >= 0.6 is 15.9 Å². The summed E-state index contributed by atoms with van der Waals surface area (Å²) in [5, 5.41) is 8.99. The van der Waals surface area contributed by atoms with Gasteiger partial charge in [-0.15, -0.1) is 6.58 Å². The highest BCUT2D eigenvalue weighted by molar-refractivity contribution is 9.10. The largest absolute Gasteiger partial charge is 0.480 e. The van der Waals surface area contributed by atoms with E-state index in [2.05, 4.69) is 22.5 Å². The molecule has 18 heavy (non-hydrogen) atoms. The number of hydrogen-bond acceptors (Lipinski definition) is 2. The molecule has 0 spiro atoms. The van der Waals surface area contributed by atoms with Gasteiger partial charge in [-0.3, -0.25) is 4.79 Å². The third-order valence-corrected chi connectivity index (χ3v) is 2.98. The number of rotatable bonds is 5. The molecule has 0 bridgehead atoms. The lowest BCUT2D eigenvalue weighted by Gasteiger charge is -2.25. The van der Waals surface area contributed by atoms with Crippen molar-refractivity contribution in [2.75, 3.05) is 6.54 Å². The van der Waals surface area contributed by atoms with Gasteiger partial charge in [0.15, 0.2) is 0 Å². The van der Waals surface area contributed by atoms with Crippen molar-refractivity contribution < 1.29 is 14.7 Å². The number of carboxylic acids is 1. The molecule has 0 fully saturated rings. The average Bonchev–Trinajstić information content (AvgIpc) is 2.34. The molecule has 0 aliphatic rings. The molecular formula is C13H14BrNO3. The fourth-order valence-electron chi connectivity index (χ4n) is 1.48. The van der Waals surface area contributed by atoms with Crippen LogP contribution in [0.3, 0.4) is 0 Å². The van der Waals surface area contributed by atoms with Crippen LogP contribution < -0.4 is 0 Å². The average molecular weight is 312 g/mol. The first-order valence-electron chi connectivity index (χ1n) is 5.37. The minimum absolute atomic E-state index is 0.193. The quantitative estimate of drug-likeness (QED) is 0.850. The Hall–Kier alpha value is -1.62. The van der Waals surface area contributed by atoms with Crippen LogP contribution in [-0.2, 0) is 4.79 Å². The van der Waals surface area contributed by atoms with Gasteiger partial charge in [-0.25, -0.2) is 4.79 Å². The molecule has 0 aliphatic heterocycles. The van der Waals surface area contributed by atoms with E-state index in [1.165, 1.54) is 17.9 Å². The fourth-order valence-corrected chi connectivity index (χ4v) is 1.88. The lowest BCUT2D eigenvalue weighted by atomic mass is 10.1. The van der Waals surface area contributed by atoms with Crippen molar-refractivity contribution in [1.29, 1.82) is 0 Å². The summed E-state index contributed by atoms with van der Waals surface area (Å²) in [7, 11) is 0. The Morgan fingerprint density at radius 2 is 2.22 bits per heavy atom. The number of benzene rings is 1. The van der Waals surface area contributed by atoms with E-state index in [0.29, 0.717) is 5.56 Å².